The van der Waals surface area contributed by atoms with E-state index in [-0.39, 0.29) is 35.8 Å². The molecule has 21 heavy (non-hydrogen) atoms. The molecule has 0 bridgehead atoms. The van der Waals surface area contributed by atoms with E-state index >= 15 is 0 Å². The van der Waals surface area contributed by atoms with E-state index < -0.39 is 15.4 Å². The summed E-state index contributed by atoms with van der Waals surface area (Å²) in [7, 11) is -1.34. The number of likely N-dealkylation sites (N-methyl/N-ethyl adjacent to an activating group) is 1. The lowest BCUT2D eigenvalue weighted by molar-refractivity contribution is -0.157. The van der Waals surface area contributed by atoms with Gasteiger partial charge in [0.25, 0.3) is 0 Å². The number of piperazine rings is 1. The molecule has 0 aromatic heterocycles. The van der Waals surface area contributed by atoms with Crippen LogP contribution in [0.5, 0.6) is 0 Å². The van der Waals surface area contributed by atoms with Crippen LogP contribution in [-0.4, -0.2) is 79.8 Å². The molecule has 0 spiro atoms. The van der Waals surface area contributed by atoms with E-state index in [2.05, 4.69) is 5.32 Å². The van der Waals surface area contributed by atoms with Gasteiger partial charge in [-0.15, -0.1) is 0 Å². The molecule has 2 aliphatic heterocycles. The Morgan fingerprint density at radius 1 is 1.38 bits per heavy atom. The molecule has 2 fully saturated rings. The predicted molar refractivity (Wildman–Crippen MR) is 78.5 cm³/mol. The number of nitrogens with zero attached hydrogens (tertiary/aromatic N) is 2. The minimum atomic E-state index is -3.06. The summed E-state index contributed by atoms with van der Waals surface area (Å²) in [6, 6.07) is -0.359. The molecule has 7 nitrogen and oxygen atoms in total. The Balaban J connectivity index is 2.05. The first-order valence-corrected chi connectivity index (χ1v) is 8.95. The molecular formula is C13H23N3O4S. The fourth-order valence-electron chi connectivity index (χ4n) is 2.97. The van der Waals surface area contributed by atoms with Crippen molar-refractivity contribution in [2.24, 2.45) is 0 Å². The van der Waals surface area contributed by atoms with Crippen LogP contribution in [0, 0.1) is 0 Å². The van der Waals surface area contributed by atoms with Crippen LogP contribution in [0.25, 0.3) is 0 Å². The van der Waals surface area contributed by atoms with Crippen LogP contribution in [-0.2, 0) is 19.4 Å². The molecule has 2 amide bonds. The van der Waals surface area contributed by atoms with Gasteiger partial charge in [-0.2, -0.15) is 0 Å². The molecule has 0 aromatic rings. The van der Waals surface area contributed by atoms with Crippen molar-refractivity contribution in [1.29, 1.82) is 0 Å². The van der Waals surface area contributed by atoms with Gasteiger partial charge in [-0.05, 0) is 13.8 Å². The second-order valence-electron chi connectivity index (χ2n) is 6.30. The minimum Gasteiger partial charge on any atom is -0.342 e. The zero-order chi connectivity index (χ0) is 15.8. The van der Waals surface area contributed by atoms with Crippen LogP contribution < -0.4 is 5.32 Å². The number of carbonyl (C=O) groups is 2. The molecule has 1 unspecified atom stereocenters. The summed E-state index contributed by atoms with van der Waals surface area (Å²) in [4.78, 5) is 27.8. The molecule has 0 aromatic carbocycles. The fraction of sp³-hybridized carbons (Fsp3) is 0.846. The van der Waals surface area contributed by atoms with Crippen molar-refractivity contribution < 1.29 is 18.0 Å². The zero-order valence-corrected chi connectivity index (χ0v) is 13.6. The Morgan fingerprint density at radius 3 is 2.67 bits per heavy atom. The molecule has 2 saturated heterocycles. The second kappa shape index (κ2) is 5.57. The SMILES string of the molecule is CN1CCN(C(=O)CC2CS(=O)(=O)CCN2)C(C)(C)C1=O. The van der Waals surface area contributed by atoms with E-state index in [1.807, 2.05) is 0 Å². The van der Waals surface area contributed by atoms with E-state index in [1.54, 1.807) is 30.7 Å². The van der Waals surface area contributed by atoms with Crippen LogP contribution in [0.3, 0.4) is 0 Å². The number of carbonyl (C=O) groups excluding carboxylic acids is 2. The number of sulfone groups is 1. The van der Waals surface area contributed by atoms with Crippen LogP contribution in [0.15, 0.2) is 0 Å². The first kappa shape index (κ1) is 16.2. The van der Waals surface area contributed by atoms with E-state index in [1.165, 1.54) is 0 Å². The number of nitrogens with one attached hydrogen (secondary N) is 1. The predicted octanol–water partition coefficient (Wildman–Crippen LogP) is -1.16. The highest BCUT2D eigenvalue weighted by molar-refractivity contribution is 7.91. The molecule has 0 aliphatic carbocycles. The van der Waals surface area contributed by atoms with Gasteiger partial charge in [0, 0.05) is 39.1 Å². The third-order valence-electron chi connectivity index (χ3n) is 4.23. The first-order chi connectivity index (χ1) is 9.63. The van der Waals surface area contributed by atoms with E-state index in [0.717, 1.165) is 0 Å². The van der Waals surface area contributed by atoms with Crippen molar-refractivity contribution in [2.45, 2.75) is 31.8 Å². The molecule has 8 heteroatoms. The van der Waals surface area contributed by atoms with Crippen LogP contribution >= 0.6 is 0 Å². The summed E-state index contributed by atoms with van der Waals surface area (Å²) in [5.41, 5.74) is -0.877. The van der Waals surface area contributed by atoms with Crippen molar-refractivity contribution in [1.82, 2.24) is 15.1 Å². The van der Waals surface area contributed by atoms with Gasteiger partial charge in [-0.1, -0.05) is 0 Å². The third kappa shape index (κ3) is 3.37. The molecule has 120 valence electrons. The number of hydrogen-bond acceptors (Lipinski definition) is 5. The van der Waals surface area contributed by atoms with E-state index in [4.69, 9.17) is 0 Å². The summed E-state index contributed by atoms with van der Waals surface area (Å²) >= 11 is 0. The van der Waals surface area contributed by atoms with Crippen molar-refractivity contribution in [3.63, 3.8) is 0 Å². The van der Waals surface area contributed by atoms with Crippen molar-refractivity contribution in [3.8, 4) is 0 Å². The monoisotopic (exact) mass is 317 g/mol. The van der Waals surface area contributed by atoms with Gasteiger partial charge in [-0.3, -0.25) is 9.59 Å². The molecular weight excluding hydrogens is 294 g/mol. The summed E-state index contributed by atoms with van der Waals surface area (Å²) < 4.78 is 23.2. The maximum Gasteiger partial charge on any atom is 0.247 e. The number of rotatable bonds is 2. The van der Waals surface area contributed by atoms with Crippen molar-refractivity contribution in [3.05, 3.63) is 0 Å². The third-order valence-corrected chi connectivity index (χ3v) is 5.96. The van der Waals surface area contributed by atoms with Gasteiger partial charge >= 0.3 is 0 Å². The van der Waals surface area contributed by atoms with Gasteiger partial charge in [0.1, 0.15) is 5.54 Å². The zero-order valence-electron chi connectivity index (χ0n) is 12.8. The average molecular weight is 317 g/mol. The quantitative estimate of drug-likeness (QED) is 0.694. The van der Waals surface area contributed by atoms with Crippen LogP contribution in [0.2, 0.25) is 0 Å². The largest absolute Gasteiger partial charge is 0.342 e. The smallest absolute Gasteiger partial charge is 0.247 e. The molecule has 0 saturated carbocycles. The molecule has 1 atom stereocenters. The minimum absolute atomic E-state index is 0.0130. The Morgan fingerprint density at radius 2 is 2.05 bits per heavy atom. The van der Waals surface area contributed by atoms with Crippen molar-refractivity contribution >= 4 is 21.7 Å². The topological polar surface area (TPSA) is 86.8 Å². The van der Waals surface area contributed by atoms with Gasteiger partial charge in [0.2, 0.25) is 11.8 Å². The Kier molecular flexibility index (Phi) is 4.30. The van der Waals surface area contributed by atoms with Gasteiger partial charge in [-0.25, -0.2) is 8.42 Å². The Labute approximate surface area is 125 Å². The highest BCUT2D eigenvalue weighted by atomic mass is 32.2. The summed E-state index contributed by atoms with van der Waals surface area (Å²) in [5, 5.41) is 3.07. The second-order valence-corrected chi connectivity index (χ2v) is 8.53. The Bertz CT molecular complexity index is 544. The summed E-state index contributed by atoms with van der Waals surface area (Å²) in [6.07, 6.45) is 0.111. The molecule has 2 rings (SSSR count). The average Bonchev–Trinajstić information content (AvgIpc) is 2.34. The highest BCUT2D eigenvalue weighted by Crippen LogP contribution is 2.23. The lowest BCUT2D eigenvalue weighted by atomic mass is 9.96. The maximum atomic E-state index is 12.5. The molecule has 1 N–H and O–H groups in total. The van der Waals surface area contributed by atoms with Crippen LogP contribution in [0.4, 0.5) is 0 Å². The standard InChI is InChI=1S/C13H23N3O4S/c1-13(2)12(18)15(3)5-6-16(13)11(17)8-10-9-21(19,20)7-4-14-10/h10,14H,4-9H2,1-3H3. The van der Waals surface area contributed by atoms with Gasteiger partial charge in [0.05, 0.1) is 11.5 Å². The summed E-state index contributed by atoms with van der Waals surface area (Å²) in [5.74, 6) is -0.154. The normalized spacial score (nSPS) is 28.5. The number of amides is 2. The molecule has 2 heterocycles. The first-order valence-electron chi connectivity index (χ1n) is 7.13. The lowest BCUT2D eigenvalue weighted by Crippen LogP contribution is -2.64. The highest BCUT2D eigenvalue weighted by Gasteiger charge is 2.43. The molecule has 0 radical (unpaired) electrons. The fourth-order valence-corrected chi connectivity index (χ4v) is 4.41. The Hall–Kier alpha value is -1.15. The van der Waals surface area contributed by atoms with E-state index in [9.17, 15) is 18.0 Å². The van der Waals surface area contributed by atoms with Crippen LogP contribution in [0.1, 0.15) is 20.3 Å². The number of hydrogen-bond donors (Lipinski definition) is 1. The van der Waals surface area contributed by atoms with Gasteiger partial charge in [0.15, 0.2) is 9.84 Å². The maximum absolute atomic E-state index is 12.5. The van der Waals surface area contributed by atoms with Gasteiger partial charge < -0.3 is 15.1 Å². The van der Waals surface area contributed by atoms with E-state index in [0.29, 0.717) is 19.6 Å². The summed E-state index contributed by atoms with van der Waals surface area (Å²) in [6.45, 7) is 4.82. The van der Waals surface area contributed by atoms with Crippen molar-refractivity contribution in [2.75, 3.05) is 38.2 Å². The molecule has 2 aliphatic rings. The lowest BCUT2D eigenvalue weighted by Gasteiger charge is -2.45.